The van der Waals surface area contributed by atoms with E-state index in [9.17, 15) is 19.2 Å². The summed E-state index contributed by atoms with van der Waals surface area (Å²) in [5.74, 6) is 0.193. The molecule has 0 saturated carbocycles. The van der Waals surface area contributed by atoms with Gasteiger partial charge in [-0.05, 0) is 24.6 Å². The zero-order valence-corrected chi connectivity index (χ0v) is 16.2. The average Bonchev–Trinajstić information content (AvgIpc) is 3.36. The molecule has 0 saturated heterocycles. The highest BCUT2D eigenvalue weighted by Crippen LogP contribution is 2.36. The van der Waals surface area contributed by atoms with Crippen molar-refractivity contribution in [3.8, 4) is 28.2 Å². The Hall–Kier alpha value is -4.60. The Kier molecular flexibility index (Phi) is 4.00. The number of hydrogen-bond acceptors (Lipinski definition) is 4. The third-order valence-corrected chi connectivity index (χ3v) is 5.07. The highest BCUT2D eigenvalue weighted by Gasteiger charge is 2.24. The summed E-state index contributed by atoms with van der Waals surface area (Å²) in [6, 6.07) is 10.9. The van der Waals surface area contributed by atoms with Crippen molar-refractivity contribution in [2.24, 2.45) is 0 Å². The summed E-state index contributed by atoms with van der Waals surface area (Å²) < 4.78 is 1.57. The van der Waals surface area contributed by atoms with Gasteiger partial charge < -0.3 is 9.55 Å². The van der Waals surface area contributed by atoms with Gasteiger partial charge in [-0.3, -0.25) is 29.5 Å². The number of rotatable bonds is 3. The Balaban J connectivity index is 1.99. The van der Waals surface area contributed by atoms with E-state index in [-0.39, 0.29) is 28.0 Å². The lowest BCUT2D eigenvalue weighted by molar-refractivity contribution is 0.938. The highest BCUT2D eigenvalue weighted by molar-refractivity contribution is 6.03. The maximum absolute atomic E-state index is 13.0. The second kappa shape index (κ2) is 6.73. The third kappa shape index (κ3) is 2.97. The van der Waals surface area contributed by atoms with Crippen LogP contribution in [0.1, 0.15) is 5.56 Å². The van der Waals surface area contributed by atoms with E-state index < -0.39 is 22.5 Å². The normalized spacial score (nSPS) is 11.3. The Bertz CT molecular complexity index is 1660. The van der Waals surface area contributed by atoms with Crippen molar-refractivity contribution < 1.29 is 0 Å². The molecule has 31 heavy (non-hydrogen) atoms. The summed E-state index contributed by atoms with van der Waals surface area (Å²) in [7, 11) is 0. The molecular weight excluding hydrogens is 400 g/mol. The van der Waals surface area contributed by atoms with E-state index in [0.29, 0.717) is 11.3 Å². The van der Waals surface area contributed by atoms with Crippen LogP contribution in [0.2, 0.25) is 0 Å². The van der Waals surface area contributed by atoms with Crippen molar-refractivity contribution in [3.63, 3.8) is 0 Å². The number of nitrogens with zero attached hydrogens (tertiary/aromatic N) is 1. The molecule has 0 fully saturated rings. The summed E-state index contributed by atoms with van der Waals surface area (Å²) in [5, 5.41) is 0.0983. The molecule has 5 rings (SSSR count). The molecule has 0 aliphatic carbocycles. The van der Waals surface area contributed by atoms with Gasteiger partial charge in [0.25, 0.3) is 11.1 Å². The molecule has 0 spiro atoms. The first-order valence-electron chi connectivity index (χ1n) is 9.38. The number of aryl methyl sites for hydroxylation is 1. The molecule has 0 bridgehead atoms. The number of nitrogens with one attached hydrogen (secondary N) is 5. The molecule has 0 atom stereocenters. The van der Waals surface area contributed by atoms with E-state index in [0.717, 1.165) is 5.56 Å². The second-order valence-corrected chi connectivity index (χ2v) is 7.12. The molecule has 154 valence electrons. The van der Waals surface area contributed by atoms with Crippen LogP contribution in [0.4, 0.5) is 0 Å². The molecule has 5 aromatic rings. The van der Waals surface area contributed by atoms with Crippen LogP contribution in [-0.2, 0) is 0 Å². The summed E-state index contributed by atoms with van der Waals surface area (Å²) >= 11 is 0. The van der Waals surface area contributed by atoms with Crippen LogP contribution in [0.5, 0.6) is 0 Å². The van der Waals surface area contributed by atoms with Gasteiger partial charge in [-0.1, -0.05) is 29.8 Å². The fourth-order valence-corrected chi connectivity index (χ4v) is 3.70. The van der Waals surface area contributed by atoms with Crippen LogP contribution >= 0.6 is 0 Å². The minimum Gasteiger partial charge on any atom is -0.340 e. The number of benzene rings is 1. The Labute approximate surface area is 172 Å². The molecule has 0 amide bonds. The van der Waals surface area contributed by atoms with Crippen LogP contribution in [-0.4, -0.2) is 29.5 Å². The van der Waals surface area contributed by atoms with Gasteiger partial charge in [-0.15, -0.1) is 0 Å². The lowest BCUT2D eigenvalue weighted by atomic mass is 9.99. The Morgan fingerprint density at radius 3 is 2.06 bits per heavy atom. The quantitative estimate of drug-likeness (QED) is 0.301. The minimum absolute atomic E-state index is 0.0789. The Morgan fingerprint density at radius 2 is 1.35 bits per heavy atom. The average molecular weight is 416 g/mol. The predicted octanol–water partition coefficient (Wildman–Crippen LogP) is 1.35. The van der Waals surface area contributed by atoms with Crippen molar-refractivity contribution in [2.75, 3.05) is 0 Å². The summed E-state index contributed by atoms with van der Waals surface area (Å²) in [4.78, 5) is 62.4. The summed E-state index contributed by atoms with van der Waals surface area (Å²) in [6.07, 6.45) is 3.33. The van der Waals surface area contributed by atoms with Crippen molar-refractivity contribution in [1.29, 1.82) is 0 Å². The topological polar surface area (TPSA) is 152 Å². The van der Waals surface area contributed by atoms with Gasteiger partial charge in [0.05, 0.1) is 16.6 Å². The standard InChI is InChI=1S/C21H16N6O4/c1-10-4-6-11(7-5-10)15-12(13-16(22-15)23-20(30)25-18(13)28)14-17(27-8-2-3-9-27)24-21(31)26-19(14)29/h2-9H,1H3,(H2,24,26,29,31)(H3,22,23,25,28,30). The van der Waals surface area contributed by atoms with Crippen molar-refractivity contribution in [3.05, 3.63) is 96.0 Å². The van der Waals surface area contributed by atoms with E-state index in [1.165, 1.54) is 0 Å². The minimum atomic E-state index is -0.684. The van der Waals surface area contributed by atoms with E-state index in [1.54, 1.807) is 29.1 Å². The molecule has 0 radical (unpaired) electrons. The van der Waals surface area contributed by atoms with Crippen LogP contribution in [0.25, 0.3) is 39.2 Å². The first kappa shape index (κ1) is 18.4. The molecule has 10 heteroatoms. The maximum Gasteiger partial charge on any atom is 0.327 e. The van der Waals surface area contributed by atoms with Gasteiger partial charge in [0.1, 0.15) is 11.5 Å². The van der Waals surface area contributed by atoms with Gasteiger partial charge in [0, 0.05) is 18.0 Å². The summed E-state index contributed by atoms with van der Waals surface area (Å²) in [5.41, 5.74) is -0.00825. The lowest BCUT2D eigenvalue weighted by Gasteiger charge is -2.11. The van der Waals surface area contributed by atoms with Crippen LogP contribution in [0.15, 0.2) is 68.0 Å². The van der Waals surface area contributed by atoms with Gasteiger partial charge in [-0.2, -0.15) is 0 Å². The molecule has 5 N–H and O–H groups in total. The Morgan fingerprint density at radius 1 is 0.710 bits per heavy atom. The maximum atomic E-state index is 13.0. The van der Waals surface area contributed by atoms with Gasteiger partial charge in [0.2, 0.25) is 0 Å². The fraction of sp³-hybridized carbons (Fsp3) is 0.0476. The zero-order valence-electron chi connectivity index (χ0n) is 16.2. The second-order valence-electron chi connectivity index (χ2n) is 7.12. The van der Waals surface area contributed by atoms with Gasteiger partial charge in [0.15, 0.2) is 0 Å². The molecule has 4 heterocycles. The van der Waals surface area contributed by atoms with E-state index in [1.807, 2.05) is 31.2 Å². The number of fused-ring (bicyclic) bond motifs is 1. The number of aromatic nitrogens is 6. The molecular formula is C21H16N6O4. The zero-order chi connectivity index (χ0) is 21.7. The monoisotopic (exact) mass is 416 g/mol. The molecule has 1 aromatic carbocycles. The lowest BCUT2D eigenvalue weighted by Crippen LogP contribution is -2.27. The molecule has 0 aliphatic rings. The van der Waals surface area contributed by atoms with Crippen molar-refractivity contribution in [1.82, 2.24) is 29.5 Å². The predicted molar refractivity (Wildman–Crippen MR) is 116 cm³/mol. The largest absolute Gasteiger partial charge is 0.340 e. The van der Waals surface area contributed by atoms with Crippen LogP contribution in [0, 0.1) is 6.92 Å². The number of H-pyrrole nitrogens is 5. The molecule has 10 nitrogen and oxygen atoms in total. The van der Waals surface area contributed by atoms with Crippen molar-refractivity contribution >= 4 is 11.0 Å². The molecule has 0 aliphatic heterocycles. The first-order chi connectivity index (χ1) is 14.9. The van der Waals surface area contributed by atoms with Gasteiger partial charge >= 0.3 is 11.4 Å². The van der Waals surface area contributed by atoms with E-state index in [4.69, 9.17) is 0 Å². The molecule has 4 aromatic heterocycles. The fourth-order valence-electron chi connectivity index (χ4n) is 3.70. The third-order valence-electron chi connectivity index (χ3n) is 5.07. The van der Waals surface area contributed by atoms with E-state index >= 15 is 0 Å². The van der Waals surface area contributed by atoms with Gasteiger partial charge in [-0.25, -0.2) is 9.59 Å². The summed E-state index contributed by atoms with van der Waals surface area (Å²) in [6.45, 7) is 1.94. The number of hydrogen-bond donors (Lipinski definition) is 5. The first-order valence-corrected chi connectivity index (χ1v) is 9.38. The SMILES string of the molecule is Cc1ccc(-c2[nH]c3[nH]c(=O)[nH]c(=O)c3c2-c2c(-n3cccc3)[nH]c(=O)[nH]c2=O)cc1. The molecule has 0 unspecified atom stereocenters. The van der Waals surface area contributed by atoms with E-state index in [2.05, 4.69) is 24.9 Å². The van der Waals surface area contributed by atoms with Crippen LogP contribution < -0.4 is 22.5 Å². The highest BCUT2D eigenvalue weighted by atomic mass is 16.2. The number of aromatic amines is 5. The van der Waals surface area contributed by atoms with Crippen molar-refractivity contribution in [2.45, 2.75) is 6.92 Å². The smallest absolute Gasteiger partial charge is 0.327 e. The van der Waals surface area contributed by atoms with Crippen LogP contribution in [0.3, 0.4) is 0 Å².